The van der Waals surface area contributed by atoms with E-state index >= 15 is 0 Å². The summed E-state index contributed by atoms with van der Waals surface area (Å²) in [5.74, 6) is 1.14. The van der Waals surface area contributed by atoms with Gasteiger partial charge in [-0.05, 0) is 42.3 Å². The zero-order valence-corrected chi connectivity index (χ0v) is 14.1. The molecule has 0 atom stereocenters. The summed E-state index contributed by atoms with van der Waals surface area (Å²) in [6.45, 7) is 0. The number of carbonyl (C=O) groups is 2. The van der Waals surface area contributed by atoms with Gasteiger partial charge in [-0.15, -0.1) is 11.8 Å². The molecule has 0 radical (unpaired) electrons. The smallest absolute Gasteiger partial charge is 0.234 e. The number of fused-ring (bicyclic) bond motifs is 1. The van der Waals surface area contributed by atoms with Crippen molar-refractivity contribution in [1.29, 1.82) is 0 Å². The van der Waals surface area contributed by atoms with Crippen molar-refractivity contribution in [2.24, 2.45) is 0 Å². The van der Waals surface area contributed by atoms with Gasteiger partial charge in [-0.2, -0.15) is 0 Å². The number of amides is 2. The summed E-state index contributed by atoms with van der Waals surface area (Å²) in [5, 5.41) is 5.69. The number of benzene rings is 2. The second-order valence-electron chi connectivity index (χ2n) is 5.45. The third-order valence-electron chi connectivity index (χ3n) is 3.67. The summed E-state index contributed by atoms with van der Waals surface area (Å²) in [4.78, 5) is 24.6. The van der Waals surface area contributed by atoms with E-state index in [1.807, 2.05) is 36.4 Å². The first-order valence-electron chi connectivity index (χ1n) is 7.63. The zero-order chi connectivity index (χ0) is 16.9. The normalized spacial score (nSPS) is 13.0. The molecular weight excluding hydrogens is 324 g/mol. The summed E-state index contributed by atoms with van der Waals surface area (Å²) < 4.78 is 5.18. The van der Waals surface area contributed by atoms with E-state index in [0.717, 1.165) is 21.9 Å². The molecule has 0 fully saturated rings. The fourth-order valence-corrected chi connectivity index (χ4v) is 3.26. The fraction of sp³-hybridized carbons (Fsp3) is 0.222. The van der Waals surface area contributed by atoms with Gasteiger partial charge >= 0.3 is 0 Å². The van der Waals surface area contributed by atoms with E-state index in [0.29, 0.717) is 24.3 Å². The molecule has 0 aliphatic carbocycles. The summed E-state index contributed by atoms with van der Waals surface area (Å²) in [5.41, 5.74) is 2.49. The SMILES string of the molecule is COc1cccc(CCC(=O)Nc2ccc3c(c2)NC(=O)CS3)c1. The summed E-state index contributed by atoms with van der Waals surface area (Å²) in [7, 11) is 1.62. The van der Waals surface area contributed by atoms with Crippen molar-refractivity contribution in [1.82, 2.24) is 0 Å². The Balaban J connectivity index is 1.58. The molecule has 0 spiro atoms. The van der Waals surface area contributed by atoms with Crippen molar-refractivity contribution in [3.05, 3.63) is 48.0 Å². The van der Waals surface area contributed by atoms with Crippen LogP contribution in [0.25, 0.3) is 0 Å². The lowest BCUT2D eigenvalue weighted by atomic mass is 10.1. The van der Waals surface area contributed by atoms with Crippen molar-refractivity contribution in [3.63, 3.8) is 0 Å². The molecule has 5 nitrogen and oxygen atoms in total. The van der Waals surface area contributed by atoms with Crippen LogP contribution in [0.3, 0.4) is 0 Å². The molecule has 2 amide bonds. The predicted molar refractivity (Wildman–Crippen MR) is 95.7 cm³/mol. The van der Waals surface area contributed by atoms with Crippen molar-refractivity contribution < 1.29 is 14.3 Å². The maximum Gasteiger partial charge on any atom is 0.234 e. The van der Waals surface area contributed by atoms with Crippen LogP contribution in [0.5, 0.6) is 5.75 Å². The van der Waals surface area contributed by atoms with E-state index in [9.17, 15) is 9.59 Å². The lowest BCUT2D eigenvalue weighted by molar-refractivity contribution is -0.116. The van der Waals surface area contributed by atoms with Gasteiger partial charge in [0.1, 0.15) is 5.75 Å². The van der Waals surface area contributed by atoms with E-state index in [2.05, 4.69) is 10.6 Å². The highest BCUT2D eigenvalue weighted by Gasteiger charge is 2.15. The number of hydrogen-bond acceptors (Lipinski definition) is 4. The molecule has 2 aromatic carbocycles. The van der Waals surface area contributed by atoms with Gasteiger partial charge in [0.25, 0.3) is 0 Å². The number of hydrogen-bond donors (Lipinski definition) is 2. The van der Waals surface area contributed by atoms with Crippen LogP contribution in [-0.2, 0) is 16.0 Å². The molecule has 0 saturated heterocycles. The molecule has 24 heavy (non-hydrogen) atoms. The Morgan fingerprint density at radius 2 is 2.17 bits per heavy atom. The summed E-state index contributed by atoms with van der Waals surface area (Å²) in [6.07, 6.45) is 1.02. The third-order valence-corrected chi connectivity index (χ3v) is 4.74. The summed E-state index contributed by atoms with van der Waals surface area (Å²) in [6, 6.07) is 13.3. The number of methoxy groups -OCH3 is 1. The lowest BCUT2D eigenvalue weighted by Crippen LogP contribution is -2.19. The predicted octanol–water partition coefficient (Wildman–Crippen LogP) is 3.31. The number of carbonyl (C=O) groups excluding carboxylic acids is 2. The third kappa shape index (κ3) is 4.08. The molecule has 124 valence electrons. The van der Waals surface area contributed by atoms with E-state index in [1.54, 1.807) is 13.2 Å². The number of nitrogens with one attached hydrogen (secondary N) is 2. The van der Waals surface area contributed by atoms with Gasteiger partial charge in [0, 0.05) is 17.0 Å². The molecule has 2 N–H and O–H groups in total. The van der Waals surface area contributed by atoms with Gasteiger partial charge in [-0.1, -0.05) is 12.1 Å². The monoisotopic (exact) mass is 342 g/mol. The minimum Gasteiger partial charge on any atom is -0.497 e. The standard InChI is InChI=1S/C18H18N2O3S/c1-23-14-4-2-3-12(9-14)5-8-17(21)19-13-6-7-16-15(10-13)20-18(22)11-24-16/h2-4,6-7,9-10H,5,8,11H2,1H3,(H,19,21)(H,20,22). The molecule has 2 aromatic rings. The lowest BCUT2D eigenvalue weighted by Gasteiger charge is -2.17. The van der Waals surface area contributed by atoms with Crippen LogP contribution in [0.15, 0.2) is 47.4 Å². The average Bonchev–Trinajstić information content (AvgIpc) is 2.60. The number of ether oxygens (including phenoxy) is 1. The maximum atomic E-state index is 12.1. The Hall–Kier alpha value is -2.47. The minimum absolute atomic E-state index is 0.0194. The van der Waals surface area contributed by atoms with Crippen molar-refractivity contribution in [3.8, 4) is 5.75 Å². The molecule has 0 unspecified atom stereocenters. The Kier molecular flexibility index (Phi) is 5.05. The second kappa shape index (κ2) is 7.40. The Bertz CT molecular complexity index is 777. The fourth-order valence-electron chi connectivity index (χ4n) is 2.47. The average molecular weight is 342 g/mol. The van der Waals surface area contributed by atoms with Gasteiger partial charge in [0.2, 0.25) is 11.8 Å². The largest absolute Gasteiger partial charge is 0.497 e. The van der Waals surface area contributed by atoms with E-state index < -0.39 is 0 Å². The molecule has 1 aliphatic heterocycles. The van der Waals surface area contributed by atoms with Crippen molar-refractivity contribution in [2.75, 3.05) is 23.5 Å². The first kappa shape index (κ1) is 16.4. The topological polar surface area (TPSA) is 67.4 Å². The van der Waals surface area contributed by atoms with Crippen LogP contribution < -0.4 is 15.4 Å². The van der Waals surface area contributed by atoms with Gasteiger partial charge in [-0.3, -0.25) is 9.59 Å². The molecule has 0 aromatic heterocycles. The number of thioether (sulfide) groups is 1. The number of aryl methyl sites for hydroxylation is 1. The van der Waals surface area contributed by atoms with E-state index in [-0.39, 0.29) is 11.8 Å². The highest BCUT2D eigenvalue weighted by molar-refractivity contribution is 8.00. The Labute approximate surface area is 144 Å². The zero-order valence-electron chi connectivity index (χ0n) is 13.3. The minimum atomic E-state index is -0.0624. The first-order chi connectivity index (χ1) is 11.6. The number of anilines is 2. The van der Waals surface area contributed by atoms with Gasteiger partial charge < -0.3 is 15.4 Å². The van der Waals surface area contributed by atoms with Crippen LogP contribution in [0.4, 0.5) is 11.4 Å². The highest BCUT2D eigenvalue weighted by Crippen LogP contribution is 2.33. The first-order valence-corrected chi connectivity index (χ1v) is 8.62. The van der Waals surface area contributed by atoms with Gasteiger partial charge in [0.15, 0.2) is 0 Å². The molecule has 1 aliphatic rings. The molecule has 0 bridgehead atoms. The molecule has 1 heterocycles. The van der Waals surface area contributed by atoms with Crippen LogP contribution in [0.1, 0.15) is 12.0 Å². The van der Waals surface area contributed by atoms with Crippen molar-refractivity contribution in [2.45, 2.75) is 17.7 Å². The Morgan fingerprint density at radius 1 is 1.29 bits per heavy atom. The molecule has 0 saturated carbocycles. The van der Waals surface area contributed by atoms with Crippen molar-refractivity contribution >= 4 is 35.0 Å². The van der Waals surface area contributed by atoms with Crippen LogP contribution in [-0.4, -0.2) is 24.7 Å². The van der Waals surface area contributed by atoms with E-state index in [4.69, 9.17) is 4.74 Å². The quantitative estimate of drug-likeness (QED) is 0.875. The van der Waals surface area contributed by atoms with Crippen LogP contribution in [0.2, 0.25) is 0 Å². The van der Waals surface area contributed by atoms with Crippen LogP contribution >= 0.6 is 11.8 Å². The van der Waals surface area contributed by atoms with Gasteiger partial charge in [-0.25, -0.2) is 0 Å². The number of rotatable bonds is 5. The highest BCUT2D eigenvalue weighted by atomic mass is 32.2. The Morgan fingerprint density at radius 3 is 3.00 bits per heavy atom. The molecule has 3 rings (SSSR count). The van der Waals surface area contributed by atoms with Gasteiger partial charge in [0.05, 0.1) is 18.6 Å². The summed E-state index contributed by atoms with van der Waals surface area (Å²) >= 11 is 1.50. The molecule has 6 heteroatoms. The van der Waals surface area contributed by atoms with Crippen LogP contribution in [0, 0.1) is 0 Å². The second-order valence-corrected chi connectivity index (χ2v) is 6.46. The maximum absolute atomic E-state index is 12.1. The van der Waals surface area contributed by atoms with E-state index in [1.165, 1.54) is 11.8 Å². The molecular formula is C18H18N2O3S.